The van der Waals surface area contributed by atoms with Crippen LogP contribution in [0.1, 0.15) is 18.1 Å². The Hall–Kier alpha value is -0.430. The van der Waals surface area contributed by atoms with Crippen molar-refractivity contribution < 1.29 is 4.79 Å². The molecule has 0 radical (unpaired) electrons. The summed E-state index contributed by atoms with van der Waals surface area (Å²) in [5.41, 5.74) is 4.99. The molecule has 2 N–H and O–H groups in total. The van der Waals surface area contributed by atoms with Crippen LogP contribution >= 0.6 is 31.9 Å². The van der Waals surface area contributed by atoms with Gasteiger partial charge in [0.05, 0.1) is 8.65 Å². The second-order valence-electron chi connectivity index (χ2n) is 3.55. The minimum atomic E-state index is -0.505. The Kier molecular flexibility index (Phi) is 2.01. The van der Waals surface area contributed by atoms with Gasteiger partial charge < -0.3 is 5.73 Å². The first kappa shape index (κ1) is 10.1. The first-order chi connectivity index (χ1) is 6.38. The second kappa shape index (κ2) is 2.79. The molecule has 1 aliphatic carbocycles. The van der Waals surface area contributed by atoms with Crippen LogP contribution in [0.3, 0.4) is 0 Å². The third-order valence-corrected chi connectivity index (χ3v) is 4.81. The molecule has 0 aliphatic heterocycles. The van der Waals surface area contributed by atoms with Crippen molar-refractivity contribution >= 4 is 43.7 Å². The van der Waals surface area contributed by atoms with E-state index in [2.05, 4.69) is 41.9 Å². The van der Waals surface area contributed by atoms with Crippen LogP contribution in [0.25, 0.3) is 0 Å². The van der Waals surface area contributed by atoms with Crippen molar-refractivity contribution in [2.45, 2.75) is 16.6 Å². The molecule has 0 bridgehead atoms. The number of nitrogens with zero attached hydrogens (tertiary/aromatic N) is 3. The zero-order valence-corrected chi connectivity index (χ0v) is 10.5. The van der Waals surface area contributed by atoms with Crippen molar-refractivity contribution in [3.05, 3.63) is 6.33 Å². The highest BCUT2D eigenvalue weighted by molar-refractivity contribution is 9.25. The fourth-order valence-corrected chi connectivity index (χ4v) is 2.73. The standard InChI is InChI=1S/C7H8Br2N4O/c1-6(2-7(6,8)9)4(14)13-5(10)11-3-12-13/h3H,2H2,1H3,(H2,10,11,12)/t6-/m1/s1. The SMILES string of the molecule is C[C@]1(C(=O)n2ncnc2N)CC1(Br)Br. The predicted molar refractivity (Wildman–Crippen MR) is 58.4 cm³/mol. The van der Waals surface area contributed by atoms with Gasteiger partial charge in [0.1, 0.15) is 6.33 Å². The van der Waals surface area contributed by atoms with Crippen LogP contribution in [-0.2, 0) is 0 Å². The highest BCUT2D eigenvalue weighted by Crippen LogP contribution is 2.66. The molecular formula is C7H8Br2N4O. The van der Waals surface area contributed by atoms with Crippen LogP contribution < -0.4 is 5.73 Å². The summed E-state index contributed by atoms with van der Waals surface area (Å²) in [4.78, 5) is 15.7. The molecule has 1 fully saturated rings. The van der Waals surface area contributed by atoms with E-state index in [0.717, 1.165) is 4.68 Å². The van der Waals surface area contributed by atoms with Crippen molar-refractivity contribution in [1.82, 2.24) is 14.8 Å². The van der Waals surface area contributed by atoms with Gasteiger partial charge >= 0.3 is 0 Å². The van der Waals surface area contributed by atoms with Crippen LogP contribution in [0.2, 0.25) is 0 Å². The van der Waals surface area contributed by atoms with Crippen molar-refractivity contribution in [3.8, 4) is 0 Å². The number of hydrogen-bond donors (Lipinski definition) is 1. The number of alkyl halides is 2. The molecule has 0 saturated heterocycles. The number of nitrogens with two attached hydrogens (primary N) is 1. The quantitative estimate of drug-likeness (QED) is 0.793. The Bertz CT molecular complexity index is 402. The summed E-state index contributed by atoms with van der Waals surface area (Å²) < 4.78 is 0.798. The Balaban J connectivity index is 2.32. The topological polar surface area (TPSA) is 73.8 Å². The van der Waals surface area contributed by atoms with E-state index in [0.29, 0.717) is 6.42 Å². The third-order valence-electron chi connectivity index (χ3n) is 2.50. The zero-order valence-electron chi connectivity index (χ0n) is 7.37. The molecular weight excluding hydrogens is 316 g/mol. The van der Waals surface area contributed by atoms with E-state index in [1.807, 2.05) is 6.92 Å². The van der Waals surface area contributed by atoms with Crippen molar-refractivity contribution in [2.24, 2.45) is 5.41 Å². The zero-order chi connectivity index (χ0) is 10.6. The smallest absolute Gasteiger partial charge is 0.258 e. The third kappa shape index (κ3) is 1.22. The maximum atomic E-state index is 11.9. The van der Waals surface area contributed by atoms with E-state index in [4.69, 9.17) is 5.73 Å². The van der Waals surface area contributed by atoms with E-state index >= 15 is 0 Å². The lowest BCUT2D eigenvalue weighted by Gasteiger charge is -2.10. The lowest BCUT2D eigenvalue weighted by Crippen LogP contribution is -2.26. The molecule has 14 heavy (non-hydrogen) atoms. The van der Waals surface area contributed by atoms with E-state index < -0.39 is 5.41 Å². The first-order valence-electron chi connectivity index (χ1n) is 3.97. The Labute approximate surface area is 97.3 Å². The molecule has 0 aromatic carbocycles. The van der Waals surface area contributed by atoms with Gasteiger partial charge in [-0.05, 0) is 13.3 Å². The maximum absolute atomic E-state index is 11.9. The monoisotopic (exact) mass is 322 g/mol. The van der Waals surface area contributed by atoms with E-state index in [-0.39, 0.29) is 15.1 Å². The second-order valence-corrected chi connectivity index (χ2v) is 7.32. The summed E-state index contributed by atoms with van der Waals surface area (Å²) in [6, 6.07) is 0. The Morgan fingerprint density at radius 1 is 1.71 bits per heavy atom. The van der Waals surface area contributed by atoms with Crippen LogP contribution in [0.15, 0.2) is 6.33 Å². The predicted octanol–water partition coefficient (Wildman–Crippen LogP) is 1.40. The average Bonchev–Trinajstić information content (AvgIpc) is 2.46. The molecule has 5 nitrogen and oxygen atoms in total. The Morgan fingerprint density at radius 3 is 2.64 bits per heavy atom. The number of carbonyl (C=O) groups is 1. The van der Waals surface area contributed by atoms with Gasteiger partial charge in [-0.3, -0.25) is 4.79 Å². The van der Waals surface area contributed by atoms with Gasteiger partial charge in [0, 0.05) is 0 Å². The Morgan fingerprint density at radius 2 is 2.29 bits per heavy atom. The van der Waals surface area contributed by atoms with Gasteiger partial charge in [-0.2, -0.15) is 14.8 Å². The highest BCUT2D eigenvalue weighted by atomic mass is 79.9. The minimum absolute atomic E-state index is 0.124. The molecule has 0 spiro atoms. The van der Waals surface area contributed by atoms with E-state index in [9.17, 15) is 4.79 Å². The molecule has 1 saturated carbocycles. The van der Waals surface area contributed by atoms with Crippen LogP contribution in [0.4, 0.5) is 5.95 Å². The number of nitrogen functional groups attached to an aromatic ring is 1. The summed E-state index contributed by atoms with van der Waals surface area (Å²) in [5.74, 6) is -0.0276. The molecule has 76 valence electrons. The first-order valence-corrected chi connectivity index (χ1v) is 5.55. The van der Waals surface area contributed by atoms with Gasteiger partial charge in [-0.15, -0.1) is 0 Å². The molecule has 1 atom stereocenters. The number of halogens is 2. The molecule has 1 aromatic heterocycles. The van der Waals surface area contributed by atoms with Crippen LogP contribution in [0.5, 0.6) is 0 Å². The number of carbonyl (C=O) groups excluding carboxylic acids is 1. The van der Waals surface area contributed by atoms with E-state index in [1.165, 1.54) is 6.33 Å². The van der Waals surface area contributed by atoms with Crippen LogP contribution in [0, 0.1) is 5.41 Å². The number of rotatable bonds is 1. The van der Waals surface area contributed by atoms with Crippen molar-refractivity contribution in [3.63, 3.8) is 0 Å². The lowest BCUT2D eigenvalue weighted by molar-refractivity contribution is 0.0812. The fourth-order valence-electron chi connectivity index (χ4n) is 1.27. The molecule has 1 aliphatic rings. The molecule has 2 rings (SSSR count). The van der Waals surface area contributed by atoms with Crippen LogP contribution in [-0.4, -0.2) is 23.9 Å². The average molecular weight is 324 g/mol. The van der Waals surface area contributed by atoms with Gasteiger partial charge in [0.15, 0.2) is 0 Å². The van der Waals surface area contributed by atoms with Gasteiger partial charge in [0.25, 0.3) is 5.91 Å². The van der Waals surface area contributed by atoms with Gasteiger partial charge in [-0.1, -0.05) is 31.9 Å². The van der Waals surface area contributed by atoms with Crippen molar-refractivity contribution in [1.29, 1.82) is 0 Å². The van der Waals surface area contributed by atoms with E-state index in [1.54, 1.807) is 0 Å². The van der Waals surface area contributed by atoms with Gasteiger partial charge in [0.2, 0.25) is 5.95 Å². The molecule has 1 heterocycles. The minimum Gasteiger partial charge on any atom is -0.368 e. The summed E-state index contributed by atoms with van der Waals surface area (Å²) in [5, 5.41) is 3.78. The molecule has 7 heteroatoms. The normalized spacial score (nSPS) is 28.8. The number of anilines is 1. The van der Waals surface area contributed by atoms with Gasteiger partial charge in [-0.25, -0.2) is 0 Å². The number of aromatic nitrogens is 3. The largest absolute Gasteiger partial charge is 0.368 e. The van der Waals surface area contributed by atoms with Crippen molar-refractivity contribution in [2.75, 3.05) is 5.73 Å². The summed E-state index contributed by atoms with van der Waals surface area (Å²) >= 11 is 6.83. The highest BCUT2D eigenvalue weighted by Gasteiger charge is 2.67. The summed E-state index contributed by atoms with van der Waals surface area (Å²) in [6.07, 6.45) is 1.97. The summed E-state index contributed by atoms with van der Waals surface area (Å²) in [7, 11) is 0. The molecule has 0 unspecified atom stereocenters. The maximum Gasteiger partial charge on any atom is 0.258 e. The lowest BCUT2D eigenvalue weighted by atomic mass is 10.1. The summed E-state index contributed by atoms with van der Waals surface area (Å²) in [6.45, 7) is 1.85. The molecule has 0 amide bonds. The number of hydrogen-bond acceptors (Lipinski definition) is 4. The fraction of sp³-hybridized carbons (Fsp3) is 0.571. The molecule has 1 aromatic rings.